The highest BCUT2D eigenvalue weighted by atomic mass is 32.2. The average Bonchev–Trinajstić information content (AvgIpc) is 3.36. The molecule has 48 heavy (non-hydrogen) atoms. The van der Waals surface area contributed by atoms with Crippen molar-refractivity contribution in [3.05, 3.63) is 86.4 Å². The van der Waals surface area contributed by atoms with Gasteiger partial charge in [-0.15, -0.1) is 11.3 Å². The van der Waals surface area contributed by atoms with Crippen molar-refractivity contribution >= 4 is 33.0 Å². The average molecular weight is 707 g/mol. The number of nitrogens with zero attached hydrogens (tertiary/aromatic N) is 2. The van der Waals surface area contributed by atoms with E-state index in [0.717, 1.165) is 47.1 Å². The normalized spacial score (nSPS) is 13.7. The van der Waals surface area contributed by atoms with Crippen LogP contribution in [0.2, 0.25) is 0 Å². The molecule has 0 fully saturated rings. The number of amides is 2. The van der Waals surface area contributed by atoms with Gasteiger partial charge in [-0.1, -0.05) is 57.9 Å². The van der Waals surface area contributed by atoms with Crippen molar-refractivity contribution < 1.29 is 31.9 Å². The maximum Gasteiger partial charge on any atom is 0.263 e. The van der Waals surface area contributed by atoms with Crippen LogP contribution >= 0.6 is 11.3 Å². The van der Waals surface area contributed by atoms with E-state index in [9.17, 15) is 31.9 Å². The third-order valence-electron chi connectivity index (χ3n) is 8.22. The molecule has 2 aromatic carbocycles. The zero-order valence-corrected chi connectivity index (χ0v) is 30.0. The number of aliphatic hydroxyl groups excluding tert-OH is 1. The lowest BCUT2D eigenvalue weighted by atomic mass is 10.0. The van der Waals surface area contributed by atoms with Crippen LogP contribution in [0.25, 0.3) is 0 Å². The van der Waals surface area contributed by atoms with Gasteiger partial charge in [-0.05, 0) is 68.4 Å². The summed E-state index contributed by atoms with van der Waals surface area (Å²) < 4.78 is 55.3. The lowest BCUT2D eigenvalue weighted by molar-refractivity contribution is -0.135. The summed E-state index contributed by atoms with van der Waals surface area (Å²) in [6.45, 7) is 8.86. The number of thiazole rings is 1. The topological polar surface area (TPSA) is 143 Å². The molecule has 3 rings (SSSR count). The molecule has 1 unspecified atom stereocenters. The van der Waals surface area contributed by atoms with Crippen molar-refractivity contribution in [3.8, 4) is 0 Å². The predicted octanol–water partition coefficient (Wildman–Crippen LogP) is 5.04. The zero-order valence-electron chi connectivity index (χ0n) is 28.3. The number of rotatable bonds is 18. The third kappa shape index (κ3) is 11.1. The molecule has 0 aliphatic carbocycles. The number of aryl methyl sites for hydroxylation is 3. The summed E-state index contributed by atoms with van der Waals surface area (Å²) in [6.07, 6.45) is 1.39. The van der Waals surface area contributed by atoms with Crippen LogP contribution in [-0.2, 0) is 34.0 Å². The minimum atomic E-state index is -3.87. The van der Waals surface area contributed by atoms with Gasteiger partial charge in [0.25, 0.3) is 5.91 Å². The van der Waals surface area contributed by atoms with Gasteiger partial charge in [0.15, 0.2) is 9.84 Å². The SMILES string of the molecule is CCCC(CCC)S(=O)(=O)CC(NC(=O)c1sc(C)nc1C)C(=O)N(Cc1cccc(CC)c1)C[C@@H](O)[C@@H](N)Cc1cc(F)cc(F)c1. The molecule has 0 radical (unpaired) electrons. The van der Waals surface area contributed by atoms with E-state index in [1.165, 1.54) is 4.90 Å². The van der Waals surface area contributed by atoms with E-state index in [2.05, 4.69) is 10.3 Å². The third-order valence-corrected chi connectivity index (χ3v) is 11.6. The van der Waals surface area contributed by atoms with Crippen LogP contribution in [0, 0.1) is 25.5 Å². The molecule has 264 valence electrons. The van der Waals surface area contributed by atoms with Gasteiger partial charge < -0.3 is 21.1 Å². The first-order valence-electron chi connectivity index (χ1n) is 16.4. The molecule has 3 atom stereocenters. The predicted molar refractivity (Wildman–Crippen MR) is 186 cm³/mol. The van der Waals surface area contributed by atoms with Crippen LogP contribution in [0.15, 0.2) is 42.5 Å². The Balaban J connectivity index is 2.01. The first-order valence-corrected chi connectivity index (χ1v) is 18.9. The highest BCUT2D eigenvalue weighted by Gasteiger charge is 2.36. The number of aliphatic hydroxyl groups is 1. The van der Waals surface area contributed by atoms with Gasteiger partial charge in [0, 0.05) is 25.2 Å². The Morgan fingerprint density at radius 3 is 2.19 bits per heavy atom. The molecule has 1 heterocycles. The van der Waals surface area contributed by atoms with E-state index < -0.39 is 62.5 Å². The summed E-state index contributed by atoms with van der Waals surface area (Å²) in [5, 5.41) is 13.9. The second-order valence-corrected chi connectivity index (χ2v) is 15.8. The summed E-state index contributed by atoms with van der Waals surface area (Å²) in [6, 6.07) is 7.99. The molecule has 0 saturated carbocycles. The Bertz CT molecular complexity index is 1620. The number of nitrogens with one attached hydrogen (secondary N) is 1. The Morgan fingerprint density at radius 1 is 1.00 bits per heavy atom. The molecule has 0 aliphatic rings. The maximum absolute atomic E-state index is 14.5. The summed E-state index contributed by atoms with van der Waals surface area (Å²) in [5.41, 5.74) is 8.73. The van der Waals surface area contributed by atoms with E-state index >= 15 is 0 Å². The van der Waals surface area contributed by atoms with Gasteiger partial charge in [0.2, 0.25) is 5.91 Å². The van der Waals surface area contributed by atoms with E-state index in [-0.39, 0.29) is 30.0 Å². The fourth-order valence-electron chi connectivity index (χ4n) is 5.78. The van der Waals surface area contributed by atoms with Crippen LogP contribution in [0.5, 0.6) is 0 Å². The van der Waals surface area contributed by atoms with Gasteiger partial charge in [0.05, 0.1) is 27.8 Å². The van der Waals surface area contributed by atoms with Crippen molar-refractivity contribution in [2.75, 3.05) is 12.3 Å². The first-order chi connectivity index (χ1) is 22.7. The van der Waals surface area contributed by atoms with Gasteiger partial charge in [-0.25, -0.2) is 22.2 Å². The lowest BCUT2D eigenvalue weighted by Gasteiger charge is -2.32. The number of carbonyl (C=O) groups is 2. The lowest BCUT2D eigenvalue weighted by Crippen LogP contribution is -2.55. The van der Waals surface area contributed by atoms with E-state index in [4.69, 9.17) is 5.73 Å². The number of hydrogen-bond acceptors (Lipinski definition) is 8. The smallest absolute Gasteiger partial charge is 0.263 e. The van der Waals surface area contributed by atoms with Gasteiger partial charge in [-0.2, -0.15) is 0 Å². The van der Waals surface area contributed by atoms with Crippen LogP contribution in [-0.4, -0.2) is 71.0 Å². The largest absolute Gasteiger partial charge is 0.390 e. The summed E-state index contributed by atoms with van der Waals surface area (Å²) in [5.74, 6) is -3.52. The number of aromatic nitrogens is 1. The molecule has 0 spiro atoms. The van der Waals surface area contributed by atoms with E-state index in [1.807, 2.05) is 45.0 Å². The number of nitrogens with two attached hydrogens (primary N) is 1. The van der Waals surface area contributed by atoms with Crippen LogP contribution in [0.1, 0.15) is 83.5 Å². The van der Waals surface area contributed by atoms with Crippen molar-refractivity contribution in [1.29, 1.82) is 0 Å². The molecule has 0 bridgehead atoms. The quantitative estimate of drug-likeness (QED) is 0.168. The van der Waals surface area contributed by atoms with Crippen LogP contribution in [0.3, 0.4) is 0 Å². The highest BCUT2D eigenvalue weighted by molar-refractivity contribution is 7.92. The summed E-state index contributed by atoms with van der Waals surface area (Å²) >= 11 is 1.14. The first kappa shape index (κ1) is 39.2. The van der Waals surface area contributed by atoms with E-state index in [0.29, 0.717) is 36.4 Å². The monoisotopic (exact) mass is 706 g/mol. The summed E-state index contributed by atoms with van der Waals surface area (Å²) in [4.78, 5) is 33.8. The van der Waals surface area contributed by atoms with Crippen molar-refractivity contribution in [3.63, 3.8) is 0 Å². The Labute approximate surface area is 286 Å². The zero-order chi connectivity index (χ0) is 35.6. The molecule has 0 aliphatic heterocycles. The number of benzene rings is 2. The molecular weight excluding hydrogens is 659 g/mol. The molecular formula is C35H48F2N4O5S2. The van der Waals surface area contributed by atoms with Crippen LogP contribution in [0.4, 0.5) is 8.78 Å². The molecule has 4 N–H and O–H groups in total. The fraction of sp³-hybridized carbons (Fsp3) is 0.514. The molecule has 3 aromatic rings. The standard InChI is InChI=1S/C35H48F2N4O5S2/c1-6-10-29(11-7-2)48(45,46)21-31(40-34(43)33-22(4)39-23(5)47-33)35(44)41(19-25-13-9-12-24(8-3)14-25)20-32(42)30(38)17-26-15-27(36)18-28(37)16-26/h9,12-16,18,29-32,42H,6-8,10-11,17,19-21,38H2,1-5H3,(H,40,43)/t30-,31?,32+/m0/s1. The molecule has 1 aromatic heterocycles. The van der Waals surface area contributed by atoms with Crippen LogP contribution < -0.4 is 11.1 Å². The number of hydrogen-bond donors (Lipinski definition) is 3. The molecule has 13 heteroatoms. The highest BCUT2D eigenvalue weighted by Crippen LogP contribution is 2.21. The number of carbonyl (C=O) groups excluding carboxylic acids is 2. The second-order valence-electron chi connectivity index (χ2n) is 12.3. The van der Waals surface area contributed by atoms with Crippen molar-refractivity contribution in [2.45, 2.75) is 103 Å². The molecule has 0 saturated heterocycles. The molecule has 2 amide bonds. The minimum Gasteiger partial charge on any atom is -0.390 e. The Morgan fingerprint density at radius 2 is 1.62 bits per heavy atom. The Kier molecular flexibility index (Phi) is 14.6. The Hall–Kier alpha value is -3.26. The van der Waals surface area contributed by atoms with Gasteiger partial charge >= 0.3 is 0 Å². The van der Waals surface area contributed by atoms with E-state index in [1.54, 1.807) is 13.8 Å². The van der Waals surface area contributed by atoms with Crippen molar-refractivity contribution in [2.24, 2.45) is 5.73 Å². The number of sulfone groups is 1. The minimum absolute atomic E-state index is 0.0104. The second kappa shape index (κ2) is 17.9. The fourth-order valence-corrected chi connectivity index (χ4v) is 8.75. The molecule has 9 nitrogen and oxygen atoms in total. The summed E-state index contributed by atoms with van der Waals surface area (Å²) in [7, 11) is -3.87. The number of halogens is 2. The van der Waals surface area contributed by atoms with Gasteiger partial charge in [0.1, 0.15) is 22.6 Å². The van der Waals surface area contributed by atoms with Crippen molar-refractivity contribution in [1.82, 2.24) is 15.2 Å². The van der Waals surface area contributed by atoms with Gasteiger partial charge in [-0.3, -0.25) is 9.59 Å². The maximum atomic E-state index is 14.5.